The Morgan fingerprint density at radius 2 is 2.12 bits per heavy atom. The molecule has 4 heteroatoms. The molecule has 1 aromatic carbocycles. The number of hydrogen-bond donors (Lipinski definition) is 1. The van der Waals surface area contributed by atoms with Crippen LogP contribution in [0.1, 0.15) is 22.1 Å². The number of halogens is 2. The first-order chi connectivity index (χ1) is 8.06. The minimum atomic E-state index is -0.474. The molecule has 0 aliphatic rings. The van der Waals surface area contributed by atoms with E-state index in [4.69, 9.17) is 11.6 Å². The Hall–Kier alpha value is -0.350. The fourth-order valence-electron chi connectivity index (χ4n) is 1.77. The van der Waals surface area contributed by atoms with Crippen molar-refractivity contribution in [3.8, 4) is 0 Å². The number of benzene rings is 1. The van der Waals surface area contributed by atoms with Crippen LogP contribution >= 0.6 is 38.9 Å². The van der Waals surface area contributed by atoms with Gasteiger partial charge < -0.3 is 5.11 Å². The zero-order valence-corrected chi connectivity index (χ0v) is 12.4. The number of hydrogen-bond acceptors (Lipinski definition) is 2. The lowest BCUT2D eigenvalue weighted by molar-refractivity contribution is 0.178. The van der Waals surface area contributed by atoms with Crippen LogP contribution in [0, 0.1) is 6.92 Å². The molecule has 0 fully saturated rings. The van der Waals surface area contributed by atoms with Crippen LogP contribution in [-0.2, 0) is 6.42 Å². The number of thiophene rings is 1. The van der Waals surface area contributed by atoms with E-state index in [0.29, 0.717) is 6.42 Å². The average Bonchev–Trinajstić information content (AvgIpc) is 2.63. The molecule has 0 radical (unpaired) electrons. The van der Waals surface area contributed by atoms with E-state index in [9.17, 15) is 5.11 Å². The first-order valence-electron chi connectivity index (χ1n) is 5.24. The van der Waals surface area contributed by atoms with Gasteiger partial charge in [0.2, 0.25) is 0 Å². The molecule has 0 saturated carbocycles. The maximum atomic E-state index is 10.2. The second-order valence-electron chi connectivity index (χ2n) is 3.93. The Balaban J connectivity index is 2.17. The molecule has 1 N–H and O–H groups in total. The molecule has 1 heterocycles. The molecule has 0 aliphatic carbocycles. The third-order valence-corrected chi connectivity index (χ3v) is 4.36. The maximum Gasteiger partial charge on any atom is 0.0931 e. The van der Waals surface area contributed by atoms with Gasteiger partial charge in [0.1, 0.15) is 0 Å². The molecule has 1 aromatic heterocycles. The zero-order valence-electron chi connectivity index (χ0n) is 9.28. The highest BCUT2D eigenvalue weighted by Crippen LogP contribution is 2.28. The minimum Gasteiger partial charge on any atom is -0.388 e. The molecule has 1 nitrogen and oxygen atoms in total. The highest BCUT2D eigenvalue weighted by atomic mass is 79.9. The van der Waals surface area contributed by atoms with Crippen molar-refractivity contribution in [3.63, 3.8) is 0 Å². The first kappa shape index (κ1) is 13.1. The summed E-state index contributed by atoms with van der Waals surface area (Å²) in [6.45, 7) is 2.00. The van der Waals surface area contributed by atoms with Crippen LogP contribution in [0.5, 0.6) is 0 Å². The van der Waals surface area contributed by atoms with Crippen molar-refractivity contribution in [1.29, 1.82) is 0 Å². The summed E-state index contributed by atoms with van der Waals surface area (Å²) in [7, 11) is 0. The second kappa shape index (κ2) is 5.53. The number of rotatable bonds is 3. The van der Waals surface area contributed by atoms with Gasteiger partial charge in [0.05, 0.1) is 10.4 Å². The zero-order chi connectivity index (χ0) is 12.4. The Labute approximate surface area is 118 Å². The van der Waals surface area contributed by atoms with Crippen molar-refractivity contribution in [2.75, 3.05) is 0 Å². The maximum absolute atomic E-state index is 10.2. The smallest absolute Gasteiger partial charge is 0.0931 e. The van der Waals surface area contributed by atoms with Gasteiger partial charge in [0.25, 0.3) is 0 Å². The summed E-state index contributed by atoms with van der Waals surface area (Å²) >= 11 is 10.8. The average molecular weight is 332 g/mol. The van der Waals surface area contributed by atoms with Crippen LogP contribution in [0.4, 0.5) is 0 Å². The van der Waals surface area contributed by atoms with E-state index < -0.39 is 6.10 Å². The van der Waals surface area contributed by atoms with Crippen LogP contribution in [0.3, 0.4) is 0 Å². The number of aryl methyl sites for hydroxylation is 1. The Kier molecular flexibility index (Phi) is 4.26. The molecule has 0 aliphatic heterocycles. The molecule has 0 bridgehead atoms. The molecular formula is C13H12BrClOS. The van der Waals surface area contributed by atoms with Gasteiger partial charge in [-0.25, -0.2) is 0 Å². The third kappa shape index (κ3) is 3.32. The van der Waals surface area contributed by atoms with Crippen molar-refractivity contribution in [1.82, 2.24) is 0 Å². The van der Waals surface area contributed by atoms with E-state index in [1.54, 1.807) is 0 Å². The molecule has 1 atom stereocenters. The largest absolute Gasteiger partial charge is 0.388 e. The second-order valence-corrected chi connectivity index (χ2v) is 6.64. The Bertz CT molecular complexity index is 524. The number of aliphatic hydroxyl groups is 1. The molecule has 2 rings (SSSR count). The van der Waals surface area contributed by atoms with E-state index in [1.165, 1.54) is 11.3 Å². The van der Waals surface area contributed by atoms with Crippen molar-refractivity contribution < 1.29 is 5.11 Å². The third-order valence-electron chi connectivity index (χ3n) is 2.61. The van der Waals surface area contributed by atoms with Crippen LogP contribution in [-0.4, -0.2) is 5.11 Å². The van der Waals surface area contributed by atoms with Gasteiger partial charge in [-0.2, -0.15) is 0 Å². The van der Waals surface area contributed by atoms with E-state index in [2.05, 4.69) is 15.9 Å². The fraction of sp³-hybridized carbons (Fsp3) is 0.231. The standard InChI is InChI=1S/C13H12BrClOS/c1-8-6-9(14)2-4-11(8)12(16)7-10-3-5-13(15)17-10/h2-6,12,16H,7H2,1H3. The van der Waals surface area contributed by atoms with Crippen LogP contribution in [0.2, 0.25) is 4.34 Å². The topological polar surface area (TPSA) is 20.2 Å². The van der Waals surface area contributed by atoms with Gasteiger partial charge in [-0.1, -0.05) is 33.6 Å². The molecule has 90 valence electrons. The lowest BCUT2D eigenvalue weighted by Crippen LogP contribution is -2.02. The lowest BCUT2D eigenvalue weighted by Gasteiger charge is -2.13. The van der Waals surface area contributed by atoms with Gasteiger partial charge in [-0.05, 0) is 42.3 Å². The highest BCUT2D eigenvalue weighted by Gasteiger charge is 2.12. The van der Waals surface area contributed by atoms with E-state index in [-0.39, 0.29) is 0 Å². The Morgan fingerprint density at radius 3 is 2.71 bits per heavy atom. The minimum absolute atomic E-state index is 0.474. The molecule has 2 aromatic rings. The van der Waals surface area contributed by atoms with E-state index in [1.807, 2.05) is 37.3 Å². The highest BCUT2D eigenvalue weighted by molar-refractivity contribution is 9.10. The summed E-state index contributed by atoms with van der Waals surface area (Å²) < 4.78 is 1.80. The number of aliphatic hydroxyl groups excluding tert-OH is 1. The summed E-state index contributed by atoms with van der Waals surface area (Å²) in [4.78, 5) is 1.10. The van der Waals surface area contributed by atoms with Crippen molar-refractivity contribution in [2.24, 2.45) is 0 Å². The Morgan fingerprint density at radius 1 is 1.35 bits per heavy atom. The summed E-state index contributed by atoms with van der Waals surface area (Å²) in [5.74, 6) is 0. The monoisotopic (exact) mass is 330 g/mol. The van der Waals surface area contributed by atoms with Crippen molar-refractivity contribution in [2.45, 2.75) is 19.4 Å². The van der Waals surface area contributed by atoms with Crippen molar-refractivity contribution >= 4 is 38.9 Å². The lowest BCUT2D eigenvalue weighted by atomic mass is 10.0. The molecule has 0 spiro atoms. The van der Waals surface area contributed by atoms with Gasteiger partial charge in [-0.3, -0.25) is 0 Å². The molecular weight excluding hydrogens is 320 g/mol. The molecule has 1 unspecified atom stereocenters. The van der Waals surface area contributed by atoms with Gasteiger partial charge >= 0.3 is 0 Å². The summed E-state index contributed by atoms with van der Waals surface area (Å²) in [5.41, 5.74) is 2.06. The SMILES string of the molecule is Cc1cc(Br)ccc1C(O)Cc1ccc(Cl)s1. The molecule has 0 saturated heterocycles. The quantitative estimate of drug-likeness (QED) is 0.860. The van der Waals surface area contributed by atoms with E-state index >= 15 is 0 Å². The first-order valence-corrected chi connectivity index (χ1v) is 7.23. The normalized spacial score (nSPS) is 12.7. The van der Waals surface area contributed by atoms with Crippen molar-refractivity contribution in [3.05, 3.63) is 55.1 Å². The van der Waals surface area contributed by atoms with Gasteiger partial charge in [-0.15, -0.1) is 11.3 Å². The van der Waals surface area contributed by atoms with Crippen LogP contribution < -0.4 is 0 Å². The van der Waals surface area contributed by atoms with Crippen LogP contribution in [0.15, 0.2) is 34.8 Å². The van der Waals surface area contributed by atoms with Gasteiger partial charge in [0.15, 0.2) is 0 Å². The fourth-order valence-corrected chi connectivity index (χ4v) is 3.37. The summed E-state index contributed by atoms with van der Waals surface area (Å²) in [5, 5.41) is 10.2. The summed E-state index contributed by atoms with van der Waals surface area (Å²) in [6.07, 6.45) is 0.137. The van der Waals surface area contributed by atoms with Gasteiger partial charge in [0, 0.05) is 15.8 Å². The van der Waals surface area contributed by atoms with E-state index in [0.717, 1.165) is 24.8 Å². The molecule has 17 heavy (non-hydrogen) atoms. The molecule has 0 amide bonds. The predicted molar refractivity (Wildman–Crippen MR) is 76.9 cm³/mol. The van der Waals surface area contributed by atoms with Crippen LogP contribution in [0.25, 0.3) is 0 Å². The predicted octanol–water partition coefficient (Wildman–Crippen LogP) is 4.75. The summed E-state index contributed by atoms with van der Waals surface area (Å²) in [6, 6.07) is 9.75.